The average Bonchev–Trinajstić information content (AvgIpc) is 2.38. The van der Waals surface area contributed by atoms with Crippen LogP contribution in [-0.4, -0.2) is 18.0 Å². The monoisotopic (exact) mass is 281 g/mol. The summed E-state index contributed by atoms with van der Waals surface area (Å²) in [5.74, 6) is -0.963. The second kappa shape index (κ2) is 7.59. The number of benzene rings is 1. The Labute approximate surface area is 117 Å². The molecular weight excluding hydrogens is 266 g/mol. The summed E-state index contributed by atoms with van der Waals surface area (Å²) in [4.78, 5) is 23.1. The Morgan fingerprint density at radius 3 is 2.74 bits per heavy atom. The van der Waals surface area contributed by atoms with Crippen molar-refractivity contribution in [2.75, 3.05) is 5.32 Å². The van der Waals surface area contributed by atoms with E-state index in [2.05, 4.69) is 5.32 Å². The molecule has 0 bridgehead atoms. The molecule has 0 aliphatic rings. The number of halogens is 1. The van der Waals surface area contributed by atoms with Gasteiger partial charge >= 0.3 is 5.97 Å². The van der Waals surface area contributed by atoms with Crippen molar-refractivity contribution in [3.05, 3.63) is 41.4 Å². The molecule has 0 fully saturated rings. The Hall–Kier alpha value is -1.81. The zero-order chi connectivity index (χ0) is 14.3. The molecule has 5 heteroatoms. The van der Waals surface area contributed by atoms with Gasteiger partial charge in [-0.25, -0.2) is 4.79 Å². The highest BCUT2D eigenvalue weighted by atomic mass is 35.5. The van der Waals surface area contributed by atoms with Gasteiger partial charge < -0.3 is 10.1 Å². The van der Waals surface area contributed by atoms with Crippen LogP contribution in [0.5, 0.6) is 0 Å². The standard InChI is InChI=1S/C14H16ClNO3/c1-3-4-9-13(17)19-10(2)14(18)16-12-8-6-5-7-11(12)15/h4-10H,3H2,1-2H3,(H,16,18)/b9-4+/t10-/m0/s1. The van der Waals surface area contributed by atoms with Crippen LogP contribution >= 0.6 is 11.6 Å². The number of hydrogen-bond donors (Lipinski definition) is 1. The van der Waals surface area contributed by atoms with Gasteiger partial charge in [0.15, 0.2) is 6.10 Å². The van der Waals surface area contributed by atoms with Crippen LogP contribution in [0.25, 0.3) is 0 Å². The van der Waals surface area contributed by atoms with Gasteiger partial charge in [0.2, 0.25) is 0 Å². The number of para-hydroxylation sites is 1. The number of esters is 1. The zero-order valence-corrected chi connectivity index (χ0v) is 11.6. The molecule has 0 radical (unpaired) electrons. The lowest BCUT2D eigenvalue weighted by Gasteiger charge is -2.13. The molecule has 0 saturated heterocycles. The van der Waals surface area contributed by atoms with Crippen molar-refractivity contribution in [2.24, 2.45) is 0 Å². The summed E-state index contributed by atoms with van der Waals surface area (Å²) in [7, 11) is 0. The van der Waals surface area contributed by atoms with E-state index in [1.54, 1.807) is 30.3 Å². The molecular formula is C14H16ClNO3. The van der Waals surface area contributed by atoms with E-state index in [9.17, 15) is 9.59 Å². The number of anilines is 1. The van der Waals surface area contributed by atoms with Crippen molar-refractivity contribution >= 4 is 29.2 Å². The van der Waals surface area contributed by atoms with Crippen LogP contribution in [0, 0.1) is 0 Å². The summed E-state index contributed by atoms with van der Waals surface area (Å²) in [5.41, 5.74) is 0.487. The quantitative estimate of drug-likeness (QED) is 0.666. The van der Waals surface area contributed by atoms with E-state index < -0.39 is 18.0 Å². The van der Waals surface area contributed by atoms with Crippen molar-refractivity contribution in [1.82, 2.24) is 0 Å². The van der Waals surface area contributed by atoms with Crippen molar-refractivity contribution in [1.29, 1.82) is 0 Å². The summed E-state index contributed by atoms with van der Waals surface area (Å²) in [6.45, 7) is 3.40. The fraction of sp³-hybridized carbons (Fsp3) is 0.286. The number of ether oxygens (including phenoxy) is 1. The van der Waals surface area contributed by atoms with Gasteiger partial charge in [-0.15, -0.1) is 0 Å². The van der Waals surface area contributed by atoms with E-state index in [1.165, 1.54) is 13.0 Å². The van der Waals surface area contributed by atoms with Crippen molar-refractivity contribution in [2.45, 2.75) is 26.4 Å². The van der Waals surface area contributed by atoms with E-state index >= 15 is 0 Å². The van der Waals surface area contributed by atoms with Gasteiger partial charge in [-0.3, -0.25) is 4.79 Å². The first-order valence-electron chi connectivity index (χ1n) is 5.97. The smallest absolute Gasteiger partial charge is 0.331 e. The number of amides is 1. The molecule has 0 spiro atoms. The van der Waals surface area contributed by atoms with E-state index in [0.717, 1.165) is 6.42 Å². The summed E-state index contributed by atoms with van der Waals surface area (Å²) < 4.78 is 4.95. The van der Waals surface area contributed by atoms with E-state index in [1.807, 2.05) is 6.92 Å². The van der Waals surface area contributed by atoms with Crippen LogP contribution in [0.2, 0.25) is 5.02 Å². The zero-order valence-electron chi connectivity index (χ0n) is 10.9. The predicted octanol–water partition coefficient (Wildman–Crippen LogP) is 3.18. The van der Waals surface area contributed by atoms with Gasteiger partial charge in [0.1, 0.15) is 0 Å². The van der Waals surface area contributed by atoms with Crippen LogP contribution in [-0.2, 0) is 14.3 Å². The van der Waals surface area contributed by atoms with Crippen molar-refractivity contribution < 1.29 is 14.3 Å². The predicted molar refractivity (Wildman–Crippen MR) is 75.1 cm³/mol. The molecule has 1 atom stereocenters. The summed E-state index contributed by atoms with van der Waals surface area (Å²) in [6.07, 6.45) is 2.82. The molecule has 1 aromatic rings. The maximum absolute atomic E-state index is 11.8. The van der Waals surface area contributed by atoms with Gasteiger partial charge in [0.25, 0.3) is 5.91 Å². The molecule has 4 nitrogen and oxygen atoms in total. The minimum Gasteiger partial charge on any atom is -0.449 e. The number of allylic oxidation sites excluding steroid dienone is 1. The fourth-order valence-corrected chi connectivity index (χ4v) is 1.46. The Balaban J connectivity index is 2.56. The molecule has 1 aromatic carbocycles. The third-order valence-electron chi connectivity index (χ3n) is 2.28. The summed E-state index contributed by atoms with van der Waals surface area (Å²) in [6, 6.07) is 6.85. The van der Waals surface area contributed by atoms with E-state index in [-0.39, 0.29) is 0 Å². The molecule has 1 rings (SSSR count). The second-order valence-electron chi connectivity index (χ2n) is 3.86. The molecule has 0 aromatic heterocycles. The SMILES string of the molecule is CC/C=C/C(=O)O[C@@H](C)C(=O)Nc1ccccc1Cl. The lowest BCUT2D eigenvalue weighted by molar-refractivity contribution is -0.148. The highest BCUT2D eigenvalue weighted by Gasteiger charge is 2.17. The third-order valence-corrected chi connectivity index (χ3v) is 2.61. The van der Waals surface area contributed by atoms with Crippen LogP contribution in [0.1, 0.15) is 20.3 Å². The van der Waals surface area contributed by atoms with Gasteiger partial charge in [-0.1, -0.05) is 36.7 Å². The molecule has 1 N–H and O–H groups in total. The van der Waals surface area contributed by atoms with Gasteiger partial charge in [0.05, 0.1) is 10.7 Å². The van der Waals surface area contributed by atoms with Crippen molar-refractivity contribution in [3.63, 3.8) is 0 Å². The summed E-state index contributed by atoms with van der Waals surface area (Å²) in [5, 5.41) is 3.03. The van der Waals surface area contributed by atoms with Gasteiger partial charge in [-0.05, 0) is 25.5 Å². The Morgan fingerprint density at radius 1 is 1.42 bits per heavy atom. The minimum absolute atomic E-state index is 0.425. The molecule has 1 amide bonds. The Morgan fingerprint density at radius 2 is 2.11 bits per heavy atom. The first kappa shape index (κ1) is 15.2. The molecule has 0 saturated carbocycles. The third kappa shape index (κ3) is 5.14. The number of rotatable bonds is 5. The molecule has 0 aliphatic heterocycles. The molecule has 0 aliphatic carbocycles. The summed E-state index contributed by atoms with van der Waals surface area (Å²) >= 11 is 5.91. The lowest BCUT2D eigenvalue weighted by Crippen LogP contribution is -2.29. The molecule has 19 heavy (non-hydrogen) atoms. The largest absolute Gasteiger partial charge is 0.449 e. The number of hydrogen-bond acceptors (Lipinski definition) is 3. The second-order valence-corrected chi connectivity index (χ2v) is 4.27. The minimum atomic E-state index is -0.884. The lowest BCUT2D eigenvalue weighted by atomic mass is 10.3. The topological polar surface area (TPSA) is 55.4 Å². The number of carbonyl (C=O) groups is 2. The van der Waals surface area contributed by atoms with Crippen LogP contribution in [0.4, 0.5) is 5.69 Å². The Bertz CT molecular complexity index is 485. The van der Waals surface area contributed by atoms with Crippen LogP contribution in [0.3, 0.4) is 0 Å². The molecule has 0 unspecified atom stereocenters. The fourth-order valence-electron chi connectivity index (χ4n) is 1.28. The van der Waals surface area contributed by atoms with Crippen LogP contribution < -0.4 is 5.32 Å². The maximum Gasteiger partial charge on any atom is 0.331 e. The number of carbonyl (C=O) groups excluding carboxylic acids is 2. The first-order chi connectivity index (χ1) is 9.04. The highest BCUT2D eigenvalue weighted by Crippen LogP contribution is 2.20. The van der Waals surface area contributed by atoms with Gasteiger partial charge in [-0.2, -0.15) is 0 Å². The highest BCUT2D eigenvalue weighted by molar-refractivity contribution is 6.33. The van der Waals surface area contributed by atoms with Crippen LogP contribution in [0.15, 0.2) is 36.4 Å². The molecule has 0 heterocycles. The van der Waals surface area contributed by atoms with E-state index in [4.69, 9.17) is 16.3 Å². The van der Waals surface area contributed by atoms with Gasteiger partial charge in [0, 0.05) is 6.08 Å². The average molecular weight is 282 g/mol. The maximum atomic E-state index is 11.8. The normalized spacial score (nSPS) is 12.2. The first-order valence-corrected chi connectivity index (χ1v) is 6.35. The molecule has 102 valence electrons. The van der Waals surface area contributed by atoms with Crippen molar-refractivity contribution in [3.8, 4) is 0 Å². The van der Waals surface area contributed by atoms with E-state index in [0.29, 0.717) is 10.7 Å². The Kier molecular flexibility index (Phi) is 6.09. The number of nitrogens with one attached hydrogen (secondary N) is 1.